The van der Waals surface area contributed by atoms with Crippen molar-refractivity contribution < 1.29 is 9.18 Å². The van der Waals surface area contributed by atoms with Crippen molar-refractivity contribution in [2.24, 2.45) is 17.1 Å². The Kier molecular flexibility index (Phi) is 7.02. The molecule has 1 aromatic rings. The zero-order valence-electron chi connectivity index (χ0n) is 14.2. The molecule has 1 aromatic carbocycles. The molecule has 1 saturated heterocycles. The van der Waals surface area contributed by atoms with Crippen molar-refractivity contribution in [2.75, 3.05) is 13.1 Å². The lowest BCUT2D eigenvalue weighted by Crippen LogP contribution is -2.52. The molecule has 1 heterocycles. The number of amides is 1. The topological polar surface area (TPSA) is 46.3 Å². The molecule has 2 rings (SSSR count). The quantitative estimate of drug-likeness (QED) is 0.915. The second kappa shape index (κ2) is 8.11. The highest BCUT2D eigenvalue weighted by molar-refractivity contribution is 5.85. The van der Waals surface area contributed by atoms with Gasteiger partial charge in [-0.25, -0.2) is 4.39 Å². The molecular weight excluding hydrogens is 315 g/mol. The average Bonchev–Trinajstić information content (AvgIpc) is 2.45. The summed E-state index contributed by atoms with van der Waals surface area (Å²) in [4.78, 5) is 14.3. The first-order valence-electron chi connectivity index (χ1n) is 8.06. The molecule has 0 radical (unpaired) electrons. The van der Waals surface area contributed by atoms with Crippen molar-refractivity contribution in [3.63, 3.8) is 0 Å². The van der Waals surface area contributed by atoms with Crippen molar-refractivity contribution in [1.82, 2.24) is 4.90 Å². The number of nitrogens with zero attached hydrogens (tertiary/aromatic N) is 1. The average molecular weight is 343 g/mol. The summed E-state index contributed by atoms with van der Waals surface area (Å²) in [5.41, 5.74) is 6.89. The van der Waals surface area contributed by atoms with Crippen molar-refractivity contribution in [3.05, 3.63) is 35.6 Å². The van der Waals surface area contributed by atoms with Crippen LogP contribution in [0.2, 0.25) is 0 Å². The highest BCUT2D eigenvalue weighted by atomic mass is 35.5. The zero-order valence-corrected chi connectivity index (χ0v) is 15.0. The van der Waals surface area contributed by atoms with Gasteiger partial charge < -0.3 is 10.6 Å². The van der Waals surface area contributed by atoms with E-state index in [1.165, 1.54) is 6.07 Å². The molecule has 1 aliphatic heterocycles. The highest BCUT2D eigenvalue weighted by Gasteiger charge is 2.32. The number of carbonyl (C=O) groups is 1. The fourth-order valence-corrected chi connectivity index (χ4v) is 2.92. The maximum absolute atomic E-state index is 13.2. The van der Waals surface area contributed by atoms with Crippen molar-refractivity contribution >= 4 is 18.3 Å². The Morgan fingerprint density at radius 2 is 1.96 bits per heavy atom. The van der Waals surface area contributed by atoms with Gasteiger partial charge in [-0.2, -0.15) is 0 Å². The van der Waals surface area contributed by atoms with Crippen LogP contribution in [-0.2, 0) is 11.2 Å². The molecule has 0 spiro atoms. The molecule has 2 N–H and O–H groups in total. The third-order valence-corrected chi connectivity index (χ3v) is 4.54. The van der Waals surface area contributed by atoms with E-state index in [0.717, 1.165) is 37.9 Å². The van der Waals surface area contributed by atoms with Gasteiger partial charge in [0.15, 0.2) is 0 Å². The van der Waals surface area contributed by atoms with Crippen LogP contribution in [0.5, 0.6) is 0 Å². The zero-order chi connectivity index (χ0) is 16.3. The minimum absolute atomic E-state index is 0. The summed E-state index contributed by atoms with van der Waals surface area (Å²) >= 11 is 0. The summed E-state index contributed by atoms with van der Waals surface area (Å²) in [6.07, 6.45) is 2.79. The normalized spacial score (nSPS) is 17.5. The molecule has 1 aliphatic rings. The summed E-state index contributed by atoms with van der Waals surface area (Å²) in [5, 5.41) is 0. The first-order chi connectivity index (χ1) is 10.3. The van der Waals surface area contributed by atoms with E-state index in [1.807, 2.05) is 31.7 Å². The second-order valence-electron chi connectivity index (χ2n) is 7.45. The van der Waals surface area contributed by atoms with E-state index >= 15 is 0 Å². The van der Waals surface area contributed by atoms with E-state index in [1.54, 1.807) is 12.1 Å². The van der Waals surface area contributed by atoms with Gasteiger partial charge in [0.1, 0.15) is 5.82 Å². The molecule has 0 saturated carbocycles. The van der Waals surface area contributed by atoms with Crippen molar-refractivity contribution in [3.8, 4) is 0 Å². The lowest BCUT2D eigenvalue weighted by Gasteiger charge is -2.36. The SMILES string of the molecule is CC(C)(C)[C@H](N)C(=O)N1CCC(Cc2cccc(F)c2)CC1.Cl. The van der Waals surface area contributed by atoms with Crippen LogP contribution in [0.3, 0.4) is 0 Å². The van der Waals surface area contributed by atoms with E-state index in [-0.39, 0.29) is 29.5 Å². The van der Waals surface area contributed by atoms with Crippen LogP contribution in [0.4, 0.5) is 4.39 Å². The maximum Gasteiger partial charge on any atom is 0.240 e. The molecule has 0 unspecified atom stereocenters. The number of piperidine rings is 1. The van der Waals surface area contributed by atoms with E-state index in [2.05, 4.69) is 0 Å². The Balaban J connectivity index is 0.00000264. The van der Waals surface area contributed by atoms with Crippen LogP contribution in [0.1, 0.15) is 39.2 Å². The third kappa shape index (κ3) is 5.47. The molecule has 1 atom stereocenters. The number of benzene rings is 1. The van der Waals surface area contributed by atoms with Gasteiger partial charge >= 0.3 is 0 Å². The van der Waals surface area contributed by atoms with Gasteiger partial charge in [0.05, 0.1) is 6.04 Å². The molecule has 1 amide bonds. The molecule has 0 bridgehead atoms. The molecule has 5 heteroatoms. The fourth-order valence-electron chi connectivity index (χ4n) is 2.92. The molecule has 0 aliphatic carbocycles. The Labute approximate surface area is 144 Å². The number of likely N-dealkylation sites (tertiary alicyclic amines) is 1. The van der Waals surface area contributed by atoms with Crippen LogP contribution in [0.15, 0.2) is 24.3 Å². The van der Waals surface area contributed by atoms with Gasteiger partial charge in [0.25, 0.3) is 0 Å². The van der Waals surface area contributed by atoms with E-state index < -0.39 is 6.04 Å². The maximum atomic E-state index is 13.2. The standard InChI is InChI=1S/C18H27FN2O.ClH/c1-18(2,3)16(20)17(22)21-9-7-13(8-10-21)11-14-5-4-6-15(19)12-14;/h4-6,12-13,16H,7-11,20H2,1-3H3;1H/t16-;/m1./s1. The van der Waals surface area contributed by atoms with Gasteiger partial charge in [-0.05, 0) is 48.3 Å². The van der Waals surface area contributed by atoms with E-state index in [0.29, 0.717) is 5.92 Å². The highest BCUT2D eigenvalue weighted by Crippen LogP contribution is 2.25. The van der Waals surface area contributed by atoms with Gasteiger partial charge in [-0.3, -0.25) is 4.79 Å². The summed E-state index contributed by atoms with van der Waals surface area (Å²) in [6, 6.07) is 6.35. The first-order valence-corrected chi connectivity index (χ1v) is 8.06. The number of hydrogen-bond acceptors (Lipinski definition) is 2. The van der Waals surface area contributed by atoms with Crippen LogP contribution >= 0.6 is 12.4 Å². The van der Waals surface area contributed by atoms with Gasteiger partial charge in [-0.1, -0.05) is 32.9 Å². The number of halogens is 2. The second-order valence-corrected chi connectivity index (χ2v) is 7.45. The lowest BCUT2D eigenvalue weighted by atomic mass is 9.85. The monoisotopic (exact) mass is 342 g/mol. The van der Waals surface area contributed by atoms with Gasteiger partial charge in [-0.15, -0.1) is 12.4 Å². The molecule has 130 valence electrons. The van der Waals surface area contributed by atoms with Crippen LogP contribution in [0, 0.1) is 17.2 Å². The lowest BCUT2D eigenvalue weighted by molar-refractivity contribution is -0.136. The predicted molar refractivity (Wildman–Crippen MR) is 94.1 cm³/mol. The van der Waals surface area contributed by atoms with Crippen molar-refractivity contribution in [1.29, 1.82) is 0 Å². The largest absolute Gasteiger partial charge is 0.341 e. The van der Waals surface area contributed by atoms with Crippen LogP contribution < -0.4 is 5.73 Å². The molecule has 3 nitrogen and oxygen atoms in total. The first kappa shape index (κ1) is 19.9. The summed E-state index contributed by atoms with van der Waals surface area (Å²) in [7, 11) is 0. The number of nitrogens with two attached hydrogens (primary N) is 1. The molecular formula is C18H28ClFN2O. The summed E-state index contributed by atoms with van der Waals surface area (Å²) in [5.74, 6) is 0.384. The number of carbonyl (C=O) groups excluding carboxylic acids is 1. The van der Waals surface area contributed by atoms with Crippen LogP contribution in [-0.4, -0.2) is 29.9 Å². The minimum Gasteiger partial charge on any atom is -0.341 e. The molecule has 23 heavy (non-hydrogen) atoms. The van der Waals surface area contributed by atoms with E-state index in [9.17, 15) is 9.18 Å². The smallest absolute Gasteiger partial charge is 0.240 e. The number of rotatable bonds is 3. The Bertz CT molecular complexity index is 522. The molecule has 1 fully saturated rings. The Morgan fingerprint density at radius 3 is 2.48 bits per heavy atom. The number of hydrogen-bond donors (Lipinski definition) is 1. The van der Waals surface area contributed by atoms with E-state index in [4.69, 9.17) is 5.73 Å². The Hall–Kier alpha value is -1.13. The summed E-state index contributed by atoms with van der Waals surface area (Å²) < 4.78 is 13.2. The summed E-state index contributed by atoms with van der Waals surface area (Å²) in [6.45, 7) is 7.48. The fraction of sp³-hybridized carbons (Fsp3) is 0.611. The van der Waals surface area contributed by atoms with Gasteiger partial charge in [0, 0.05) is 13.1 Å². The van der Waals surface area contributed by atoms with Crippen molar-refractivity contribution in [2.45, 2.75) is 46.1 Å². The Morgan fingerprint density at radius 1 is 1.35 bits per heavy atom. The van der Waals surface area contributed by atoms with Gasteiger partial charge in [0.2, 0.25) is 5.91 Å². The predicted octanol–water partition coefficient (Wildman–Crippen LogP) is 3.40. The molecule has 0 aromatic heterocycles. The third-order valence-electron chi connectivity index (χ3n) is 4.54. The van der Waals surface area contributed by atoms with Crippen LogP contribution in [0.25, 0.3) is 0 Å². The minimum atomic E-state index is -0.452.